The molecular weight excluding hydrogens is 228 g/mol. The van der Waals surface area contributed by atoms with Crippen LogP contribution < -0.4 is 11.1 Å². The summed E-state index contributed by atoms with van der Waals surface area (Å²) in [4.78, 5) is 22.5. The average molecular weight is 242 g/mol. The molecule has 94 valence electrons. The van der Waals surface area contributed by atoms with Gasteiger partial charge in [0, 0.05) is 0 Å². The van der Waals surface area contributed by atoms with Crippen LogP contribution in [0.25, 0.3) is 0 Å². The number of carbonyl (C=O) groups is 2. The van der Waals surface area contributed by atoms with E-state index in [1.54, 1.807) is 0 Å². The molecule has 4 N–H and O–H groups in total. The molecule has 0 aromatic carbocycles. The molecule has 17 heavy (non-hydrogen) atoms. The lowest BCUT2D eigenvalue weighted by atomic mass is 10.0. The number of nitrogen functional groups attached to an aromatic ring is 1. The van der Waals surface area contributed by atoms with E-state index in [1.165, 1.54) is 0 Å². The van der Waals surface area contributed by atoms with Gasteiger partial charge in [-0.15, -0.1) is 0 Å². The van der Waals surface area contributed by atoms with E-state index in [9.17, 15) is 9.59 Å². The Morgan fingerprint density at radius 2 is 2.12 bits per heavy atom. The highest BCUT2D eigenvalue weighted by molar-refractivity contribution is 5.98. The van der Waals surface area contributed by atoms with E-state index in [4.69, 9.17) is 10.8 Å². The van der Waals surface area contributed by atoms with Crippen molar-refractivity contribution in [3.63, 3.8) is 0 Å². The molecule has 1 amide bonds. The molecule has 0 spiro atoms. The van der Waals surface area contributed by atoms with E-state index in [2.05, 4.69) is 20.3 Å². The number of nitrogens with two attached hydrogens (primary N) is 1. The summed E-state index contributed by atoms with van der Waals surface area (Å²) in [6.07, 6.45) is 0.312. The first-order valence-electron chi connectivity index (χ1n) is 5.03. The third-order valence-electron chi connectivity index (χ3n) is 2.04. The predicted molar refractivity (Wildman–Crippen MR) is 57.1 cm³/mol. The maximum Gasteiger partial charge on any atom is 0.326 e. The van der Waals surface area contributed by atoms with Crippen LogP contribution in [0.4, 0.5) is 5.82 Å². The van der Waals surface area contributed by atoms with Crippen molar-refractivity contribution in [3.8, 4) is 0 Å². The Kier molecular flexibility index (Phi) is 4.02. The highest BCUT2D eigenvalue weighted by Crippen LogP contribution is 2.08. The number of amides is 1. The molecule has 1 heterocycles. The Morgan fingerprint density at radius 3 is 2.53 bits per heavy atom. The lowest BCUT2D eigenvalue weighted by Gasteiger charge is -2.15. The number of rotatable bonds is 5. The number of hydrogen-bond acceptors (Lipinski definition) is 6. The molecule has 0 saturated carbocycles. The highest BCUT2D eigenvalue weighted by Gasteiger charge is 2.24. The normalized spacial score (nSPS) is 12.4. The third kappa shape index (κ3) is 3.44. The monoisotopic (exact) mass is 242 g/mol. The molecule has 0 radical (unpaired) electrons. The standard InChI is InChI=1S/C9H14N4O4/c1-4(2)3-5(9(15)16)11-8(14)6-7(10)13-17-12-6/h4-5H,3H2,1-2H3,(H2,10,13)(H,11,14)(H,15,16)/t5-/m1/s1. The summed E-state index contributed by atoms with van der Waals surface area (Å²) in [5, 5.41) is 17.8. The SMILES string of the molecule is CC(C)C[C@@H](NC(=O)c1nonc1N)C(=O)O. The number of hydrogen-bond donors (Lipinski definition) is 3. The fourth-order valence-corrected chi connectivity index (χ4v) is 1.27. The summed E-state index contributed by atoms with van der Waals surface area (Å²) in [5.41, 5.74) is 5.11. The zero-order valence-corrected chi connectivity index (χ0v) is 9.51. The van der Waals surface area contributed by atoms with Gasteiger partial charge in [-0.05, 0) is 22.7 Å². The van der Waals surface area contributed by atoms with E-state index in [1.807, 2.05) is 13.8 Å². The summed E-state index contributed by atoms with van der Waals surface area (Å²) in [5.74, 6) is -1.86. The van der Waals surface area contributed by atoms with Gasteiger partial charge in [0.25, 0.3) is 5.91 Å². The molecule has 0 unspecified atom stereocenters. The quantitative estimate of drug-likeness (QED) is 0.655. The summed E-state index contributed by atoms with van der Waals surface area (Å²) < 4.78 is 4.26. The van der Waals surface area contributed by atoms with Crippen molar-refractivity contribution in [2.45, 2.75) is 26.3 Å². The molecule has 0 saturated heterocycles. The number of carbonyl (C=O) groups excluding carboxylic acids is 1. The van der Waals surface area contributed by atoms with Gasteiger partial charge in [-0.2, -0.15) is 0 Å². The van der Waals surface area contributed by atoms with Gasteiger partial charge >= 0.3 is 5.97 Å². The molecule has 8 heteroatoms. The van der Waals surface area contributed by atoms with E-state index >= 15 is 0 Å². The van der Waals surface area contributed by atoms with Crippen LogP contribution in [0, 0.1) is 5.92 Å². The van der Waals surface area contributed by atoms with Gasteiger partial charge in [-0.25, -0.2) is 9.42 Å². The zero-order valence-electron chi connectivity index (χ0n) is 9.51. The fourth-order valence-electron chi connectivity index (χ4n) is 1.27. The van der Waals surface area contributed by atoms with Crippen LogP contribution >= 0.6 is 0 Å². The van der Waals surface area contributed by atoms with Crippen LogP contribution in [0.3, 0.4) is 0 Å². The molecule has 1 aromatic heterocycles. The summed E-state index contributed by atoms with van der Waals surface area (Å²) >= 11 is 0. The van der Waals surface area contributed by atoms with Crippen molar-refractivity contribution in [3.05, 3.63) is 5.69 Å². The minimum Gasteiger partial charge on any atom is -0.480 e. The van der Waals surface area contributed by atoms with Gasteiger partial charge in [0.05, 0.1) is 0 Å². The van der Waals surface area contributed by atoms with Crippen LogP contribution in [0.5, 0.6) is 0 Å². The molecule has 1 rings (SSSR count). The zero-order chi connectivity index (χ0) is 13.0. The average Bonchev–Trinajstić information content (AvgIpc) is 2.62. The van der Waals surface area contributed by atoms with Crippen molar-refractivity contribution < 1.29 is 19.3 Å². The first-order chi connectivity index (χ1) is 7.91. The smallest absolute Gasteiger partial charge is 0.326 e. The molecule has 0 fully saturated rings. The molecule has 0 aliphatic carbocycles. The van der Waals surface area contributed by atoms with Crippen molar-refractivity contribution in [1.29, 1.82) is 0 Å². The molecule has 8 nitrogen and oxygen atoms in total. The lowest BCUT2D eigenvalue weighted by Crippen LogP contribution is -2.42. The Bertz CT molecular complexity index is 415. The number of carboxylic acids is 1. The lowest BCUT2D eigenvalue weighted by molar-refractivity contribution is -0.139. The first-order valence-corrected chi connectivity index (χ1v) is 5.03. The predicted octanol–water partition coefficient (Wildman–Crippen LogP) is -0.119. The second kappa shape index (κ2) is 5.28. The Labute approximate surface area is 97.1 Å². The molecule has 0 aliphatic rings. The van der Waals surface area contributed by atoms with Crippen LogP contribution in [-0.2, 0) is 4.79 Å². The Morgan fingerprint density at radius 1 is 1.47 bits per heavy atom. The van der Waals surface area contributed by atoms with E-state index in [0.29, 0.717) is 6.42 Å². The molecule has 1 atom stereocenters. The van der Waals surface area contributed by atoms with Gasteiger partial charge in [-0.3, -0.25) is 4.79 Å². The summed E-state index contributed by atoms with van der Waals surface area (Å²) in [6, 6.07) is -0.987. The van der Waals surface area contributed by atoms with E-state index < -0.39 is 17.9 Å². The number of nitrogens with one attached hydrogen (secondary N) is 1. The first kappa shape index (κ1) is 12.9. The van der Waals surface area contributed by atoms with E-state index in [0.717, 1.165) is 0 Å². The van der Waals surface area contributed by atoms with Crippen LogP contribution in [0.2, 0.25) is 0 Å². The van der Waals surface area contributed by atoms with Gasteiger partial charge in [0.2, 0.25) is 11.5 Å². The van der Waals surface area contributed by atoms with Crippen molar-refractivity contribution >= 4 is 17.7 Å². The van der Waals surface area contributed by atoms with Crippen LogP contribution in [-0.4, -0.2) is 33.3 Å². The molecule has 0 bridgehead atoms. The summed E-state index contributed by atoms with van der Waals surface area (Å²) in [6.45, 7) is 3.71. The molecule has 1 aromatic rings. The number of aromatic nitrogens is 2. The van der Waals surface area contributed by atoms with Gasteiger partial charge in [-0.1, -0.05) is 13.8 Å². The van der Waals surface area contributed by atoms with Crippen LogP contribution in [0.1, 0.15) is 30.8 Å². The number of aliphatic carboxylic acids is 1. The largest absolute Gasteiger partial charge is 0.480 e. The summed E-state index contributed by atoms with van der Waals surface area (Å²) in [7, 11) is 0. The second-order valence-corrected chi connectivity index (χ2v) is 3.99. The topological polar surface area (TPSA) is 131 Å². The van der Waals surface area contributed by atoms with Gasteiger partial charge < -0.3 is 16.2 Å². The molecular formula is C9H14N4O4. The minimum absolute atomic E-state index is 0.129. The maximum atomic E-state index is 11.6. The number of carboxylic acid groups (broad SMARTS) is 1. The molecule has 0 aliphatic heterocycles. The number of nitrogens with zero attached hydrogens (tertiary/aromatic N) is 2. The van der Waals surface area contributed by atoms with Gasteiger partial charge in [0.15, 0.2) is 0 Å². The third-order valence-corrected chi connectivity index (χ3v) is 2.04. The maximum absolute atomic E-state index is 11.6. The van der Waals surface area contributed by atoms with Crippen molar-refractivity contribution in [2.24, 2.45) is 5.92 Å². The Hall–Kier alpha value is -2.12. The fraction of sp³-hybridized carbons (Fsp3) is 0.556. The van der Waals surface area contributed by atoms with Gasteiger partial charge in [0.1, 0.15) is 6.04 Å². The Balaban J connectivity index is 2.71. The second-order valence-electron chi connectivity index (χ2n) is 3.99. The van der Waals surface area contributed by atoms with Crippen molar-refractivity contribution in [2.75, 3.05) is 5.73 Å². The van der Waals surface area contributed by atoms with Crippen LogP contribution in [0.15, 0.2) is 4.63 Å². The minimum atomic E-state index is -1.11. The van der Waals surface area contributed by atoms with E-state index in [-0.39, 0.29) is 17.4 Å². The number of anilines is 1. The van der Waals surface area contributed by atoms with Crippen molar-refractivity contribution in [1.82, 2.24) is 15.6 Å². The highest BCUT2D eigenvalue weighted by atomic mass is 16.6.